The normalized spacial score (nSPS) is 21.8. The minimum absolute atomic E-state index is 0.192. The van der Waals surface area contributed by atoms with Crippen molar-refractivity contribution < 1.29 is 9.13 Å². The van der Waals surface area contributed by atoms with E-state index in [-0.39, 0.29) is 18.0 Å². The van der Waals surface area contributed by atoms with Crippen LogP contribution in [0.3, 0.4) is 0 Å². The highest BCUT2D eigenvalue weighted by Crippen LogP contribution is 2.29. The maximum Gasteiger partial charge on any atom is 0.168 e. The molecule has 1 aromatic heterocycles. The van der Waals surface area contributed by atoms with Crippen molar-refractivity contribution in [2.75, 3.05) is 37.7 Å². The van der Waals surface area contributed by atoms with Crippen molar-refractivity contribution in [1.29, 1.82) is 0 Å². The Hall–Kier alpha value is -2.06. The summed E-state index contributed by atoms with van der Waals surface area (Å²) in [4.78, 5) is 4.81. The molecule has 0 unspecified atom stereocenters. The van der Waals surface area contributed by atoms with Gasteiger partial charge in [-0.1, -0.05) is 13.8 Å². The highest BCUT2D eigenvalue weighted by Gasteiger charge is 2.31. The van der Waals surface area contributed by atoms with Crippen LogP contribution < -0.4 is 4.90 Å². The van der Waals surface area contributed by atoms with Gasteiger partial charge >= 0.3 is 0 Å². The maximum atomic E-state index is 13.2. The zero-order chi connectivity index (χ0) is 20.2. The summed E-state index contributed by atoms with van der Waals surface area (Å²) in [6, 6.07) is 6.98. The second-order valence-corrected chi connectivity index (χ2v) is 8.50. The topological polar surface area (TPSA) is 59.3 Å². The number of benzene rings is 1. The van der Waals surface area contributed by atoms with Crippen LogP contribution in [0.15, 0.2) is 24.3 Å². The van der Waals surface area contributed by atoms with Crippen molar-refractivity contribution in [1.82, 2.24) is 25.1 Å². The SMILES string of the molecule is CC(C)C[C@H](c1nnnn1C[C@@H]1CCCO1)N1CCN(c2ccc(F)cc2)CC1. The molecule has 2 atom stereocenters. The summed E-state index contributed by atoms with van der Waals surface area (Å²) < 4.78 is 21.0. The molecule has 2 saturated heterocycles. The highest BCUT2D eigenvalue weighted by atomic mass is 19.1. The van der Waals surface area contributed by atoms with Gasteiger partial charge in [0, 0.05) is 38.5 Å². The second kappa shape index (κ2) is 9.17. The van der Waals surface area contributed by atoms with Crippen molar-refractivity contribution >= 4 is 5.69 Å². The zero-order valence-corrected chi connectivity index (χ0v) is 17.4. The Balaban J connectivity index is 1.45. The van der Waals surface area contributed by atoms with E-state index in [4.69, 9.17) is 4.74 Å². The summed E-state index contributed by atoms with van der Waals surface area (Å²) in [5.41, 5.74) is 1.08. The van der Waals surface area contributed by atoms with Gasteiger partial charge in [-0.05, 0) is 59.9 Å². The Morgan fingerprint density at radius 3 is 2.55 bits per heavy atom. The molecule has 0 spiro atoms. The first-order chi connectivity index (χ1) is 14.1. The number of aromatic nitrogens is 4. The van der Waals surface area contributed by atoms with Crippen molar-refractivity contribution in [2.45, 2.75) is 51.8 Å². The number of ether oxygens (including phenoxy) is 1. The molecule has 0 bridgehead atoms. The maximum absolute atomic E-state index is 13.2. The summed E-state index contributed by atoms with van der Waals surface area (Å²) in [5, 5.41) is 12.7. The minimum atomic E-state index is -0.192. The molecule has 0 N–H and O–H groups in total. The summed E-state index contributed by atoms with van der Waals surface area (Å²) in [5.74, 6) is 1.30. The van der Waals surface area contributed by atoms with Gasteiger partial charge in [0.15, 0.2) is 5.82 Å². The Bertz CT molecular complexity index is 766. The van der Waals surface area contributed by atoms with Crippen LogP contribution in [0.4, 0.5) is 10.1 Å². The minimum Gasteiger partial charge on any atom is -0.376 e. The fraction of sp³-hybridized carbons (Fsp3) is 0.667. The molecule has 4 rings (SSSR count). The van der Waals surface area contributed by atoms with Crippen LogP contribution in [0.25, 0.3) is 0 Å². The molecule has 0 aliphatic carbocycles. The lowest BCUT2D eigenvalue weighted by atomic mass is 10.0. The van der Waals surface area contributed by atoms with E-state index in [2.05, 4.69) is 39.2 Å². The molecular weight excluding hydrogens is 371 g/mol. The molecule has 29 heavy (non-hydrogen) atoms. The molecule has 0 amide bonds. The van der Waals surface area contributed by atoms with Crippen LogP contribution in [-0.2, 0) is 11.3 Å². The number of hydrogen-bond acceptors (Lipinski definition) is 6. The molecule has 0 radical (unpaired) electrons. The fourth-order valence-corrected chi connectivity index (χ4v) is 4.37. The van der Waals surface area contributed by atoms with Crippen LogP contribution in [0, 0.1) is 11.7 Å². The van der Waals surface area contributed by atoms with Crippen LogP contribution in [0.2, 0.25) is 0 Å². The molecule has 2 aromatic rings. The van der Waals surface area contributed by atoms with Crippen LogP contribution in [0.1, 0.15) is 45.0 Å². The van der Waals surface area contributed by atoms with Gasteiger partial charge in [-0.25, -0.2) is 9.07 Å². The van der Waals surface area contributed by atoms with E-state index < -0.39 is 0 Å². The predicted molar refractivity (Wildman–Crippen MR) is 109 cm³/mol. The van der Waals surface area contributed by atoms with Gasteiger partial charge in [0.1, 0.15) is 5.82 Å². The third-order valence-electron chi connectivity index (χ3n) is 5.90. The van der Waals surface area contributed by atoms with E-state index in [1.807, 2.05) is 16.8 Å². The van der Waals surface area contributed by atoms with Crippen LogP contribution >= 0.6 is 0 Å². The third-order valence-corrected chi connectivity index (χ3v) is 5.90. The number of anilines is 1. The number of halogens is 1. The van der Waals surface area contributed by atoms with Gasteiger partial charge < -0.3 is 9.64 Å². The number of hydrogen-bond donors (Lipinski definition) is 0. The van der Waals surface area contributed by atoms with Gasteiger partial charge in [0.2, 0.25) is 0 Å². The summed E-state index contributed by atoms with van der Waals surface area (Å²) in [7, 11) is 0. The Morgan fingerprint density at radius 1 is 1.14 bits per heavy atom. The van der Waals surface area contributed by atoms with Crippen molar-refractivity contribution in [3.8, 4) is 0 Å². The van der Waals surface area contributed by atoms with E-state index in [0.717, 1.165) is 70.1 Å². The van der Waals surface area contributed by atoms with Gasteiger partial charge in [0.25, 0.3) is 0 Å². The number of tetrazole rings is 1. The van der Waals surface area contributed by atoms with E-state index in [0.29, 0.717) is 5.92 Å². The molecule has 2 fully saturated rings. The molecule has 3 heterocycles. The highest BCUT2D eigenvalue weighted by molar-refractivity contribution is 5.46. The molecule has 2 aliphatic rings. The number of nitrogens with zero attached hydrogens (tertiary/aromatic N) is 6. The van der Waals surface area contributed by atoms with E-state index in [9.17, 15) is 4.39 Å². The molecule has 2 aliphatic heterocycles. The predicted octanol–water partition coefficient (Wildman–Crippen LogP) is 2.90. The Labute approximate surface area is 171 Å². The Morgan fingerprint density at radius 2 is 1.90 bits per heavy atom. The number of piperazine rings is 1. The van der Waals surface area contributed by atoms with Crippen molar-refractivity contribution in [3.63, 3.8) is 0 Å². The molecule has 0 saturated carbocycles. The van der Waals surface area contributed by atoms with Crippen LogP contribution in [-0.4, -0.2) is 64.0 Å². The van der Waals surface area contributed by atoms with E-state index in [1.165, 1.54) is 12.1 Å². The van der Waals surface area contributed by atoms with Crippen molar-refractivity contribution in [2.24, 2.45) is 5.92 Å². The van der Waals surface area contributed by atoms with Gasteiger partial charge in [0.05, 0.1) is 18.7 Å². The molecule has 158 valence electrons. The second-order valence-electron chi connectivity index (χ2n) is 8.50. The van der Waals surface area contributed by atoms with E-state index >= 15 is 0 Å². The molecule has 7 nitrogen and oxygen atoms in total. The average Bonchev–Trinajstić information content (AvgIpc) is 3.39. The van der Waals surface area contributed by atoms with Gasteiger partial charge in [-0.3, -0.25) is 4.90 Å². The quantitative estimate of drug-likeness (QED) is 0.710. The summed E-state index contributed by atoms with van der Waals surface area (Å²) in [6.45, 7) is 9.74. The van der Waals surface area contributed by atoms with Gasteiger partial charge in [-0.15, -0.1) is 5.10 Å². The first-order valence-electron chi connectivity index (χ1n) is 10.7. The molecule has 1 aromatic carbocycles. The first kappa shape index (κ1) is 20.2. The first-order valence-corrected chi connectivity index (χ1v) is 10.7. The monoisotopic (exact) mass is 402 g/mol. The van der Waals surface area contributed by atoms with E-state index in [1.54, 1.807) is 0 Å². The van der Waals surface area contributed by atoms with Gasteiger partial charge in [-0.2, -0.15) is 0 Å². The fourth-order valence-electron chi connectivity index (χ4n) is 4.37. The lowest BCUT2D eigenvalue weighted by Gasteiger charge is -2.40. The smallest absolute Gasteiger partial charge is 0.168 e. The molecular formula is C21H31FN6O. The number of rotatable bonds is 7. The third kappa shape index (κ3) is 4.93. The lowest BCUT2D eigenvalue weighted by molar-refractivity contribution is 0.0885. The van der Waals surface area contributed by atoms with Crippen LogP contribution in [0.5, 0.6) is 0 Å². The largest absolute Gasteiger partial charge is 0.376 e. The van der Waals surface area contributed by atoms with Crippen molar-refractivity contribution in [3.05, 3.63) is 35.9 Å². The molecule has 8 heteroatoms. The summed E-state index contributed by atoms with van der Waals surface area (Å²) in [6.07, 6.45) is 3.42. The standard InChI is InChI=1S/C21H31FN6O/c1-16(2)14-20(21-23-24-25-28(21)15-19-4-3-13-29-19)27-11-9-26(10-12-27)18-7-5-17(22)6-8-18/h5-8,16,19-20H,3-4,9-15H2,1-2H3/t19-,20+/m0/s1. The average molecular weight is 403 g/mol. The summed E-state index contributed by atoms with van der Waals surface area (Å²) >= 11 is 0. The zero-order valence-electron chi connectivity index (χ0n) is 17.4. The lowest BCUT2D eigenvalue weighted by Crippen LogP contribution is -2.48. The Kier molecular flexibility index (Phi) is 6.40.